The molecule has 0 bridgehead atoms. The summed E-state index contributed by atoms with van der Waals surface area (Å²) in [6, 6.07) is 18.5. The van der Waals surface area contributed by atoms with Gasteiger partial charge in [0.05, 0.1) is 0 Å². The fourth-order valence-corrected chi connectivity index (χ4v) is 2.79. The molecule has 3 rings (SSSR count). The predicted molar refractivity (Wildman–Crippen MR) is 108 cm³/mol. The van der Waals surface area contributed by atoms with Gasteiger partial charge in [-0.15, -0.1) is 0 Å². The lowest BCUT2D eigenvalue weighted by molar-refractivity contribution is 0.995. The van der Waals surface area contributed by atoms with E-state index in [1.807, 2.05) is 31.2 Å². The van der Waals surface area contributed by atoms with Crippen LogP contribution in [0.25, 0.3) is 0 Å². The molecule has 2 N–H and O–H groups in total. The van der Waals surface area contributed by atoms with Gasteiger partial charge in [0.25, 0.3) is 0 Å². The second-order valence-electron chi connectivity index (χ2n) is 5.97. The molecule has 3 aromatic rings. The summed E-state index contributed by atoms with van der Waals surface area (Å²) in [5.41, 5.74) is 4.37. The van der Waals surface area contributed by atoms with E-state index < -0.39 is 0 Å². The summed E-state index contributed by atoms with van der Waals surface area (Å²) < 4.78 is 1.09. The van der Waals surface area contributed by atoms with Crippen LogP contribution in [0.3, 0.4) is 0 Å². The Balaban J connectivity index is 1.66. The van der Waals surface area contributed by atoms with Crippen molar-refractivity contribution >= 4 is 33.4 Å². The summed E-state index contributed by atoms with van der Waals surface area (Å²) in [5.74, 6) is 1.43. The molecule has 0 spiro atoms. The van der Waals surface area contributed by atoms with E-state index in [9.17, 15) is 0 Å². The van der Waals surface area contributed by atoms with E-state index >= 15 is 0 Å². The Morgan fingerprint density at radius 3 is 2.52 bits per heavy atom. The van der Waals surface area contributed by atoms with Gasteiger partial charge in [0.15, 0.2) is 0 Å². The molecule has 0 aliphatic carbocycles. The molecule has 0 atom stereocenters. The quantitative estimate of drug-likeness (QED) is 0.596. The average molecular weight is 397 g/mol. The zero-order chi connectivity index (χ0) is 17.6. The molecule has 0 fully saturated rings. The highest BCUT2D eigenvalue weighted by atomic mass is 79.9. The third-order valence-corrected chi connectivity index (χ3v) is 4.72. The molecule has 0 amide bonds. The van der Waals surface area contributed by atoms with Crippen LogP contribution in [0.2, 0.25) is 0 Å². The first-order valence-electron chi connectivity index (χ1n) is 8.27. The van der Waals surface area contributed by atoms with Crippen molar-refractivity contribution in [2.45, 2.75) is 20.3 Å². The number of anilines is 3. The lowest BCUT2D eigenvalue weighted by Gasteiger charge is -2.11. The molecule has 0 radical (unpaired) electrons. The number of rotatable bonds is 6. The zero-order valence-corrected chi connectivity index (χ0v) is 16.0. The standard InChI is InChI=1S/C20H21BrN4/c1-14-12-17(8-9-18(14)21)24-20-23-15(2)13-19(25-20)22-11-10-16-6-4-3-5-7-16/h3-9,12-13H,10-11H2,1-2H3,(H2,22,23,24,25). The van der Waals surface area contributed by atoms with E-state index in [1.54, 1.807) is 0 Å². The van der Waals surface area contributed by atoms with Crippen LogP contribution >= 0.6 is 15.9 Å². The van der Waals surface area contributed by atoms with Crippen LogP contribution in [0, 0.1) is 13.8 Å². The minimum atomic E-state index is 0.601. The molecule has 0 saturated carbocycles. The van der Waals surface area contributed by atoms with E-state index in [0.29, 0.717) is 5.95 Å². The molecule has 128 valence electrons. The number of hydrogen-bond acceptors (Lipinski definition) is 4. The van der Waals surface area contributed by atoms with Gasteiger partial charge in [-0.2, -0.15) is 4.98 Å². The molecular weight excluding hydrogens is 376 g/mol. The number of benzene rings is 2. The summed E-state index contributed by atoms with van der Waals surface area (Å²) in [6.45, 7) is 4.86. The summed E-state index contributed by atoms with van der Waals surface area (Å²) in [4.78, 5) is 9.04. The normalized spacial score (nSPS) is 10.5. The van der Waals surface area contributed by atoms with E-state index in [4.69, 9.17) is 0 Å². The van der Waals surface area contributed by atoms with Crippen molar-refractivity contribution in [3.05, 3.63) is 75.9 Å². The van der Waals surface area contributed by atoms with Crippen molar-refractivity contribution in [3.63, 3.8) is 0 Å². The number of halogens is 1. The van der Waals surface area contributed by atoms with Crippen molar-refractivity contribution in [1.29, 1.82) is 0 Å². The summed E-state index contributed by atoms with van der Waals surface area (Å²) in [5, 5.41) is 6.66. The van der Waals surface area contributed by atoms with Gasteiger partial charge in [-0.25, -0.2) is 4.98 Å². The van der Waals surface area contributed by atoms with Gasteiger partial charge in [0.2, 0.25) is 5.95 Å². The summed E-state index contributed by atoms with van der Waals surface area (Å²) in [7, 11) is 0. The largest absolute Gasteiger partial charge is 0.370 e. The fourth-order valence-electron chi connectivity index (χ4n) is 2.55. The van der Waals surface area contributed by atoms with Crippen molar-refractivity contribution in [3.8, 4) is 0 Å². The second-order valence-corrected chi connectivity index (χ2v) is 6.82. The van der Waals surface area contributed by atoms with Crippen molar-refractivity contribution in [2.24, 2.45) is 0 Å². The Hall–Kier alpha value is -2.40. The highest BCUT2D eigenvalue weighted by molar-refractivity contribution is 9.10. The van der Waals surface area contributed by atoms with Crippen molar-refractivity contribution in [1.82, 2.24) is 9.97 Å². The smallest absolute Gasteiger partial charge is 0.229 e. The summed E-state index contributed by atoms with van der Waals surface area (Å²) >= 11 is 3.52. The van der Waals surface area contributed by atoms with Crippen LogP contribution < -0.4 is 10.6 Å². The van der Waals surface area contributed by atoms with Crippen LogP contribution in [-0.4, -0.2) is 16.5 Å². The SMILES string of the molecule is Cc1cc(NCCc2ccccc2)nc(Nc2ccc(Br)c(C)c2)n1. The lowest BCUT2D eigenvalue weighted by Crippen LogP contribution is -2.08. The van der Waals surface area contributed by atoms with E-state index in [1.165, 1.54) is 11.1 Å². The molecule has 5 heteroatoms. The van der Waals surface area contributed by atoms with Crippen LogP contribution in [0.15, 0.2) is 59.1 Å². The first-order chi connectivity index (χ1) is 12.1. The first-order valence-corrected chi connectivity index (χ1v) is 9.06. The third-order valence-electron chi connectivity index (χ3n) is 3.83. The van der Waals surface area contributed by atoms with E-state index in [-0.39, 0.29) is 0 Å². The zero-order valence-electron chi connectivity index (χ0n) is 14.4. The van der Waals surface area contributed by atoms with Crippen molar-refractivity contribution < 1.29 is 0 Å². The number of aromatic nitrogens is 2. The predicted octanol–water partition coefficient (Wildman–Crippen LogP) is 5.25. The molecule has 4 nitrogen and oxygen atoms in total. The maximum absolute atomic E-state index is 4.57. The average Bonchev–Trinajstić information content (AvgIpc) is 2.59. The van der Waals surface area contributed by atoms with Gasteiger partial charge in [-0.05, 0) is 49.6 Å². The highest BCUT2D eigenvalue weighted by Gasteiger charge is 2.04. The van der Waals surface area contributed by atoms with Gasteiger partial charge in [0, 0.05) is 28.5 Å². The molecule has 0 unspecified atom stereocenters. The minimum absolute atomic E-state index is 0.601. The van der Waals surface area contributed by atoms with Gasteiger partial charge in [-0.1, -0.05) is 46.3 Å². The number of nitrogens with one attached hydrogen (secondary N) is 2. The Bertz CT molecular complexity index is 850. The van der Waals surface area contributed by atoms with E-state index in [0.717, 1.165) is 34.6 Å². The van der Waals surface area contributed by atoms with Crippen LogP contribution in [-0.2, 0) is 6.42 Å². The molecule has 2 aromatic carbocycles. The number of nitrogens with zero attached hydrogens (tertiary/aromatic N) is 2. The van der Waals surface area contributed by atoms with Crippen molar-refractivity contribution in [2.75, 3.05) is 17.2 Å². The van der Waals surface area contributed by atoms with Crippen LogP contribution in [0.4, 0.5) is 17.5 Å². The van der Waals surface area contributed by atoms with Gasteiger partial charge < -0.3 is 10.6 Å². The second kappa shape index (κ2) is 8.12. The topological polar surface area (TPSA) is 49.8 Å². The Kier molecular flexibility index (Phi) is 5.66. The molecule has 1 aromatic heterocycles. The van der Waals surface area contributed by atoms with Gasteiger partial charge in [0.1, 0.15) is 5.82 Å². The van der Waals surface area contributed by atoms with E-state index in [2.05, 4.69) is 73.8 Å². The molecule has 1 heterocycles. The third kappa shape index (κ3) is 5.03. The highest BCUT2D eigenvalue weighted by Crippen LogP contribution is 2.22. The maximum atomic E-state index is 4.57. The fraction of sp³-hybridized carbons (Fsp3) is 0.200. The Labute approximate surface area is 156 Å². The Morgan fingerprint density at radius 1 is 0.960 bits per heavy atom. The minimum Gasteiger partial charge on any atom is -0.370 e. The first kappa shape index (κ1) is 17.4. The summed E-state index contributed by atoms with van der Waals surface area (Å²) in [6.07, 6.45) is 0.957. The molecule has 0 aliphatic rings. The Morgan fingerprint density at radius 2 is 1.76 bits per heavy atom. The van der Waals surface area contributed by atoms with Crippen LogP contribution in [0.1, 0.15) is 16.8 Å². The molecule has 25 heavy (non-hydrogen) atoms. The molecule has 0 saturated heterocycles. The number of aryl methyl sites for hydroxylation is 2. The maximum Gasteiger partial charge on any atom is 0.229 e. The van der Waals surface area contributed by atoms with Gasteiger partial charge in [-0.3, -0.25) is 0 Å². The van der Waals surface area contributed by atoms with Crippen LogP contribution in [0.5, 0.6) is 0 Å². The number of hydrogen-bond donors (Lipinski definition) is 2. The molecular formula is C20H21BrN4. The molecule has 0 aliphatic heterocycles. The lowest BCUT2D eigenvalue weighted by atomic mass is 10.1. The monoisotopic (exact) mass is 396 g/mol. The van der Waals surface area contributed by atoms with Gasteiger partial charge >= 0.3 is 0 Å².